The van der Waals surface area contributed by atoms with Gasteiger partial charge in [-0.2, -0.15) is 5.10 Å². The van der Waals surface area contributed by atoms with Crippen molar-refractivity contribution >= 4 is 5.91 Å². The first-order valence-corrected chi connectivity index (χ1v) is 9.44. The highest BCUT2D eigenvalue weighted by atomic mass is 16.5. The van der Waals surface area contributed by atoms with Gasteiger partial charge in [-0.3, -0.25) is 14.8 Å². The van der Waals surface area contributed by atoms with Crippen LogP contribution in [0.3, 0.4) is 0 Å². The second-order valence-electron chi connectivity index (χ2n) is 6.80. The summed E-state index contributed by atoms with van der Waals surface area (Å²) in [6, 6.07) is 0. The molecule has 1 aliphatic carbocycles. The highest BCUT2D eigenvalue weighted by Crippen LogP contribution is 2.20. The van der Waals surface area contributed by atoms with Crippen LogP contribution in [0.15, 0.2) is 11.6 Å². The smallest absolute Gasteiger partial charge is 0.234 e. The molecule has 1 amide bonds. The summed E-state index contributed by atoms with van der Waals surface area (Å²) >= 11 is 0. The van der Waals surface area contributed by atoms with Crippen LogP contribution in [0.4, 0.5) is 0 Å². The number of hydrogen-bond donors (Lipinski definition) is 2. The Hall–Kier alpha value is -1.73. The molecule has 1 saturated heterocycles. The molecule has 25 heavy (non-hydrogen) atoms. The zero-order valence-electron chi connectivity index (χ0n) is 15.1. The summed E-state index contributed by atoms with van der Waals surface area (Å²) in [6.45, 7) is 5.19. The van der Waals surface area contributed by atoms with Crippen molar-refractivity contribution in [1.82, 2.24) is 25.4 Å². The van der Waals surface area contributed by atoms with Gasteiger partial charge < -0.3 is 10.1 Å². The Bertz CT molecular complexity index is 598. The molecule has 138 valence electrons. The number of aromatic nitrogens is 3. The fourth-order valence-electron chi connectivity index (χ4n) is 3.37. The summed E-state index contributed by atoms with van der Waals surface area (Å²) in [6.07, 6.45) is 8.96. The minimum Gasteiger partial charge on any atom is -0.367 e. The lowest BCUT2D eigenvalue weighted by molar-refractivity contribution is -0.124. The van der Waals surface area contributed by atoms with Crippen LogP contribution in [-0.4, -0.2) is 58.8 Å². The molecule has 1 fully saturated rings. The van der Waals surface area contributed by atoms with Crippen molar-refractivity contribution in [1.29, 1.82) is 0 Å². The highest BCUT2D eigenvalue weighted by molar-refractivity contribution is 5.78. The molecule has 2 N–H and O–H groups in total. The van der Waals surface area contributed by atoms with E-state index in [0.717, 1.165) is 31.8 Å². The van der Waals surface area contributed by atoms with Crippen LogP contribution in [0.1, 0.15) is 56.8 Å². The van der Waals surface area contributed by atoms with Gasteiger partial charge in [0, 0.05) is 26.1 Å². The summed E-state index contributed by atoms with van der Waals surface area (Å²) in [5.41, 5.74) is 1.49. The third kappa shape index (κ3) is 5.37. The Morgan fingerprint density at radius 3 is 3.16 bits per heavy atom. The number of morpholine rings is 1. The van der Waals surface area contributed by atoms with E-state index in [1.165, 1.54) is 31.3 Å². The predicted molar refractivity (Wildman–Crippen MR) is 95.1 cm³/mol. The van der Waals surface area contributed by atoms with Gasteiger partial charge in [0.2, 0.25) is 5.91 Å². The Morgan fingerprint density at radius 1 is 1.48 bits per heavy atom. The molecule has 1 aliphatic heterocycles. The van der Waals surface area contributed by atoms with E-state index in [1.54, 1.807) is 0 Å². The zero-order chi connectivity index (χ0) is 17.5. The zero-order valence-corrected chi connectivity index (χ0v) is 15.1. The number of H-pyrrole nitrogens is 1. The van der Waals surface area contributed by atoms with Gasteiger partial charge in [0.15, 0.2) is 5.82 Å². The van der Waals surface area contributed by atoms with Crippen molar-refractivity contribution in [3.63, 3.8) is 0 Å². The molecular weight excluding hydrogens is 318 g/mol. The van der Waals surface area contributed by atoms with Gasteiger partial charge in [0.05, 0.1) is 13.2 Å². The van der Waals surface area contributed by atoms with Crippen LogP contribution in [0.25, 0.3) is 0 Å². The van der Waals surface area contributed by atoms with Gasteiger partial charge in [-0.1, -0.05) is 18.6 Å². The van der Waals surface area contributed by atoms with Gasteiger partial charge in [0.1, 0.15) is 11.9 Å². The standard InChI is InChI=1S/C18H29N5O2/c1-2-16-20-18(22-21-16)15-12-23(10-11-25-15)13-17(24)19-9-8-14-6-4-3-5-7-14/h6,15H,2-5,7-13H2,1H3,(H,19,24)(H,20,21,22)/t15-/m1/s1. The molecule has 1 atom stereocenters. The van der Waals surface area contributed by atoms with Gasteiger partial charge in [-0.15, -0.1) is 0 Å². The second-order valence-corrected chi connectivity index (χ2v) is 6.80. The minimum absolute atomic E-state index is 0.0845. The summed E-state index contributed by atoms with van der Waals surface area (Å²) < 4.78 is 5.77. The normalized spacial score (nSPS) is 21.8. The topological polar surface area (TPSA) is 83.1 Å². The van der Waals surface area contributed by atoms with Crippen LogP contribution in [0.2, 0.25) is 0 Å². The molecule has 0 bridgehead atoms. The van der Waals surface area contributed by atoms with Crippen LogP contribution < -0.4 is 5.32 Å². The van der Waals surface area contributed by atoms with E-state index in [0.29, 0.717) is 25.5 Å². The number of rotatable bonds is 7. The Labute approximate surface area is 149 Å². The highest BCUT2D eigenvalue weighted by Gasteiger charge is 2.26. The van der Waals surface area contributed by atoms with Crippen molar-refractivity contribution in [3.05, 3.63) is 23.3 Å². The van der Waals surface area contributed by atoms with E-state index in [-0.39, 0.29) is 12.0 Å². The van der Waals surface area contributed by atoms with E-state index >= 15 is 0 Å². The summed E-state index contributed by atoms with van der Waals surface area (Å²) in [5, 5.41) is 10.2. The van der Waals surface area contributed by atoms with E-state index in [1.807, 2.05) is 6.92 Å². The van der Waals surface area contributed by atoms with E-state index in [4.69, 9.17) is 4.74 Å². The maximum Gasteiger partial charge on any atom is 0.234 e. The molecule has 7 nitrogen and oxygen atoms in total. The molecule has 0 aromatic carbocycles. The lowest BCUT2D eigenvalue weighted by Gasteiger charge is -2.31. The van der Waals surface area contributed by atoms with Crippen molar-refractivity contribution in [2.24, 2.45) is 0 Å². The second kappa shape index (κ2) is 9.10. The first-order valence-electron chi connectivity index (χ1n) is 9.44. The lowest BCUT2D eigenvalue weighted by Crippen LogP contribution is -2.44. The van der Waals surface area contributed by atoms with Crippen molar-refractivity contribution in [2.45, 2.75) is 51.6 Å². The average molecular weight is 347 g/mol. The van der Waals surface area contributed by atoms with Crippen LogP contribution in [0, 0.1) is 0 Å². The number of amides is 1. The van der Waals surface area contributed by atoms with Crippen molar-refractivity contribution < 1.29 is 9.53 Å². The number of nitrogens with zero attached hydrogens (tertiary/aromatic N) is 3. The van der Waals surface area contributed by atoms with Gasteiger partial charge in [0.25, 0.3) is 0 Å². The average Bonchev–Trinajstić information content (AvgIpc) is 3.12. The Kier molecular flexibility index (Phi) is 6.58. The fourth-order valence-corrected chi connectivity index (χ4v) is 3.37. The molecule has 0 unspecified atom stereocenters. The first kappa shape index (κ1) is 18.1. The van der Waals surface area contributed by atoms with Crippen LogP contribution >= 0.6 is 0 Å². The van der Waals surface area contributed by atoms with Crippen molar-refractivity contribution in [3.8, 4) is 0 Å². The quantitative estimate of drug-likeness (QED) is 0.734. The summed E-state index contributed by atoms with van der Waals surface area (Å²) in [7, 11) is 0. The molecular formula is C18H29N5O2. The fraction of sp³-hybridized carbons (Fsp3) is 0.722. The van der Waals surface area contributed by atoms with Crippen LogP contribution in [0.5, 0.6) is 0 Å². The number of carbonyl (C=O) groups excluding carboxylic acids is 1. The maximum atomic E-state index is 12.2. The third-order valence-electron chi connectivity index (χ3n) is 4.84. The number of aromatic amines is 1. The third-order valence-corrected chi connectivity index (χ3v) is 4.84. The molecule has 1 aromatic rings. The Morgan fingerprint density at radius 2 is 2.40 bits per heavy atom. The number of carbonyl (C=O) groups is 1. The largest absolute Gasteiger partial charge is 0.367 e. The van der Waals surface area contributed by atoms with Gasteiger partial charge >= 0.3 is 0 Å². The van der Waals surface area contributed by atoms with Crippen LogP contribution in [-0.2, 0) is 16.0 Å². The molecule has 1 aromatic heterocycles. The van der Waals surface area contributed by atoms with Crippen molar-refractivity contribution in [2.75, 3.05) is 32.8 Å². The molecule has 3 rings (SSSR count). The molecule has 7 heteroatoms. The maximum absolute atomic E-state index is 12.2. The first-order chi connectivity index (χ1) is 12.2. The molecule has 0 radical (unpaired) electrons. The monoisotopic (exact) mass is 347 g/mol. The molecule has 0 saturated carbocycles. The van der Waals surface area contributed by atoms with E-state index in [2.05, 4.69) is 31.5 Å². The molecule has 2 heterocycles. The number of nitrogens with one attached hydrogen (secondary N) is 2. The Balaban J connectivity index is 1.40. The number of ether oxygens (including phenoxy) is 1. The van der Waals surface area contributed by atoms with E-state index in [9.17, 15) is 4.79 Å². The summed E-state index contributed by atoms with van der Waals surface area (Å²) in [5.74, 6) is 1.64. The molecule has 2 aliphatic rings. The number of allylic oxidation sites excluding steroid dienone is 1. The van der Waals surface area contributed by atoms with E-state index < -0.39 is 0 Å². The predicted octanol–water partition coefficient (Wildman–Crippen LogP) is 1.75. The van der Waals surface area contributed by atoms with Gasteiger partial charge in [-0.05, 0) is 32.1 Å². The molecule has 0 spiro atoms. The lowest BCUT2D eigenvalue weighted by atomic mass is 9.97. The summed E-state index contributed by atoms with van der Waals surface area (Å²) in [4.78, 5) is 18.8. The van der Waals surface area contributed by atoms with Gasteiger partial charge in [-0.25, -0.2) is 4.98 Å². The number of hydrogen-bond acceptors (Lipinski definition) is 5. The minimum atomic E-state index is -0.162. The SMILES string of the molecule is CCc1nc([C@H]2CN(CC(=O)NCCC3=CCCCC3)CCO2)n[nH]1. The number of aryl methyl sites for hydroxylation is 1.